The maximum atomic E-state index is 12.4. The Labute approximate surface area is 126 Å². The van der Waals surface area contributed by atoms with Crippen LogP contribution in [-0.4, -0.2) is 64.3 Å². The fraction of sp³-hybridized carbons (Fsp3) is 0.867. The standard InChI is InChI=1S/C15H26N2O4/c1-14(2,3)21-13(20)16(4)15(12(18)19)8-10-17-9-6-5-7-11(15)17/h11H,5-10H2,1-4H3,(H,18,19). The number of carbonyl (C=O) groups is 2. The van der Waals surface area contributed by atoms with Crippen molar-refractivity contribution in [1.29, 1.82) is 0 Å². The Morgan fingerprint density at radius 3 is 2.52 bits per heavy atom. The number of carboxylic acid groups (broad SMARTS) is 1. The molecule has 0 aromatic heterocycles. The van der Waals surface area contributed by atoms with E-state index in [4.69, 9.17) is 4.74 Å². The molecular weight excluding hydrogens is 272 g/mol. The van der Waals surface area contributed by atoms with Crippen molar-refractivity contribution in [3.05, 3.63) is 0 Å². The van der Waals surface area contributed by atoms with Crippen molar-refractivity contribution in [2.45, 2.75) is 63.6 Å². The van der Waals surface area contributed by atoms with Crippen LogP contribution >= 0.6 is 0 Å². The van der Waals surface area contributed by atoms with Gasteiger partial charge >= 0.3 is 12.1 Å². The average molecular weight is 298 g/mol. The van der Waals surface area contributed by atoms with Crippen molar-refractivity contribution < 1.29 is 19.4 Å². The van der Waals surface area contributed by atoms with Crippen LogP contribution in [0.25, 0.3) is 0 Å². The lowest BCUT2D eigenvalue weighted by atomic mass is 9.84. The van der Waals surface area contributed by atoms with Gasteiger partial charge in [-0.25, -0.2) is 9.59 Å². The molecule has 6 heteroatoms. The van der Waals surface area contributed by atoms with E-state index in [1.807, 2.05) is 0 Å². The third-order valence-corrected chi connectivity index (χ3v) is 4.58. The second-order valence-electron chi connectivity index (χ2n) is 7.07. The molecule has 0 aromatic rings. The SMILES string of the molecule is CN(C(=O)OC(C)(C)C)C1(C(=O)O)CCN2CCCCC21. The van der Waals surface area contributed by atoms with Crippen molar-refractivity contribution in [1.82, 2.24) is 9.80 Å². The molecule has 1 amide bonds. The molecule has 21 heavy (non-hydrogen) atoms. The van der Waals surface area contributed by atoms with E-state index in [1.54, 1.807) is 27.8 Å². The summed E-state index contributed by atoms with van der Waals surface area (Å²) in [5.41, 5.74) is -1.79. The Morgan fingerprint density at radius 1 is 1.29 bits per heavy atom. The fourth-order valence-electron chi connectivity index (χ4n) is 3.56. The number of carboxylic acids is 1. The first kappa shape index (κ1) is 16.1. The first-order valence-electron chi connectivity index (χ1n) is 7.63. The molecule has 2 saturated heterocycles. The zero-order valence-electron chi connectivity index (χ0n) is 13.4. The van der Waals surface area contributed by atoms with E-state index < -0.39 is 23.2 Å². The summed E-state index contributed by atoms with van der Waals surface area (Å²) in [6.07, 6.45) is 2.83. The van der Waals surface area contributed by atoms with E-state index >= 15 is 0 Å². The van der Waals surface area contributed by atoms with E-state index in [2.05, 4.69) is 4.90 Å². The second kappa shape index (κ2) is 5.48. The van der Waals surface area contributed by atoms with Gasteiger partial charge in [0.2, 0.25) is 0 Å². The summed E-state index contributed by atoms with van der Waals surface area (Å²) in [5, 5.41) is 9.84. The quantitative estimate of drug-likeness (QED) is 0.843. The Balaban J connectivity index is 2.26. The molecule has 0 saturated carbocycles. The minimum absolute atomic E-state index is 0.110. The molecule has 2 rings (SSSR count). The molecular formula is C15H26N2O4. The van der Waals surface area contributed by atoms with Gasteiger partial charge in [-0.3, -0.25) is 9.80 Å². The molecule has 2 atom stereocenters. The number of rotatable bonds is 2. The molecule has 1 N–H and O–H groups in total. The van der Waals surface area contributed by atoms with E-state index in [1.165, 1.54) is 4.90 Å². The van der Waals surface area contributed by atoms with Crippen molar-refractivity contribution in [2.24, 2.45) is 0 Å². The van der Waals surface area contributed by atoms with E-state index in [-0.39, 0.29) is 6.04 Å². The fourth-order valence-corrected chi connectivity index (χ4v) is 3.56. The lowest BCUT2D eigenvalue weighted by molar-refractivity contribution is -0.152. The van der Waals surface area contributed by atoms with Gasteiger partial charge in [-0.15, -0.1) is 0 Å². The first-order valence-corrected chi connectivity index (χ1v) is 7.63. The highest BCUT2D eigenvalue weighted by atomic mass is 16.6. The Bertz CT molecular complexity index is 432. The van der Waals surface area contributed by atoms with Crippen molar-refractivity contribution in [3.8, 4) is 0 Å². The van der Waals surface area contributed by atoms with Crippen LogP contribution in [0.4, 0.5) is 4.79 Å². The largest absolute Gasteiger partial charge is 0.479 e. The van der Waals surface area contributed by atoms with Gasteiger partial charge in [0, 0.05) is 19.6 Å². The van der Waals surface area contributed by atoms with Crippen molar-refractivity contribution in [3.63, 3.8) is 0 Å². The number of amides is 1. The number of hydrogen-bond acceptors (Lipinski definition) is 4. The second-order valence-corrected chi connectivity index (χ2v) is 7.07. The van der Waals surface area contributed by atoms with Crippen LogP contribution in [0.1, 0.15) is 46.5 Å². The zero-order chi connectivity index (χ0) is 15.8. The average Bonchev–Trinajstić information content (AvgIpc) is 2.76. The van der Waals surface area contributed by atoms with Gasteiger partial charge in [-0.05, 0) is 46.6 Å². The van der Waals surface area contributed by atoms with Gasteiger partial charge in [0.1, 0.15) is 5.60 Å². The highest BCUT2D eigenvalue weighted by Crippen LogP contribution is 2.39. The normalized spacial score (nSPS) is 29.8. The van der Waals surface area contributed by atoms with Crippen LogP contribution in [0, 0.1) is 0 Å². The minimum Gasteiger partial charge on any atom is -0.479 e. The Kier molecular flexibility index (Phi) is 4.19. The summed E-state index contributed by atoms with van der Waals surface area (Å²) in [6.45, 7) is 7.00. The minimum atomic E-state index is -1.16. The monoisotopic (exact) mass is 298 g/mol. The van der Waals surface area contributed by atoms with E-state index in [0.717, 1.165) is 32.4 Å². The number of carbonyl (C=O) groups excluding carboxylic acids is 1. The molecule has 2 aliphatic rings. The Hall–Kier alpha value is -1.30. The maximum absolute atomic E-state index is 12.4. The number of piperidine rings is 1. The van der Waals surface area contributed by atoms with Gasteiger partial charge in [0.15, 0.2) is 5.54 Å². The summed E-state index contributed by atoms with van der Waals surface area (Å²) in [6, 6.07) is -0.110. The van der Waals surface area contributed by atoms with Crippen LogP contribution in [0.5, 0.6) is 0 Å². The third-order valence-electron chi connectivity index (χ3n) is 4.58. The van der Waals surface area contributed by atoms with Crippen molar-refractivity contribution >= 4 is 12.1 Å². The smallest absolute Gasteiger partial charge is 0.411 e. The van der Waals surface area contributed by atoms with E-state index in [9.17, 15) is 14.7 Å². The van der Waals surface area contributed by atoms with Gasteiger partial charge in [-0.1, -0.05) is 6.42 Å². The highest BCUT2D eigenvalue weighted by molar-refractivity contribution is 5.86. The van der Waals surface area contributed by atoms with Gasteiger partial charge in [0.05, 0.1) is 0 Å². The molecule has 2 heterocycles. The first-order chi connectivity index (χ1) is 9.68. The number of ether oxygens (including phenoxy) is 1. The number of fused-ring (bicyclic) bond motifs is 1. The molecule has 2 fully saturated rings. The molecule has 2 unspecified atom stereocenters. The number of hydrogen-bond donors (Lipinski definition) is 1. The van der Waals surface area contributed by atoms with Gasteiger partial charge in [0.25, 0.3) is 0 Å². The molecule has 0 bridgehead atoms. The predicted molar refractivity (Wildman–Crippen MR) is 78.2 cm³/mol. The summed E-state index contributed by atoms with van der Waals surface area (Å²) >= 11 is 0. The summed E-state index contributed by atoms with van der Waals surface area (Å²) in [4.78, 5) is 27.9. The topological polar surface area (TPSA) is 70.1 Å². The molecule has 2 aliphatic heterocycles. The van der Waals surface area contributed by atoms with Gasteiger partial charge in [-0.2, -0.15) is 0 Å². The van der Waals surface area contributed by atoms with Crippen LogP contribution < -0.4 is 0 Å². The molecule has 120 valence electrons. The van der Waals surface area contributed by atoms with Crippen molar-refractivity contribution in [2.75, 3.05) is 20.1 Å². The van der Waals surface area contributed by atoms with Crippen LogP contribution in [0.3, 0.4) is 0 Å². The molecule has 0 aliphatic carbocycles. The predicted octanol–water partition coefficient (Wildman–Crippen LogP) is 1.93. The zero-order valence-corrected chi connectivity index (χ0v) is 13.4. The third kappa shape index (κ3) is 2.86. The van der Waals surface area contributed by atoms with Crippen LogP contribution in [-0.2, 0) is 9.53 Å². The lowest BCUT2D eigenvalue weighted by Gasteiger charge is -2.43. The lowest BCUT2D eigenvalue weighted by Crippen LogP contribution is -2.63. The number of aliphatic carboxylic acids is 1. The highest BCUT2D eigenvalue weighted by Gasteiger charge is 2.58. The van der Waals surface area contributed by atoms with Crippen LogP contribution in [0.2, 0.25) is 0 Å². The summed E-state index contributed by atoms with van der Waals surface area (Å²) < 4.78 is 5.37. The molecule has 0 radical (unpaired) electrons. The van der Waals surface area contributed by atoms with Gasteiger partial charge < -0.3 is 9.84 Å². The summed E-state index contributed by atoms with van der Waals surface area (Å²) in [7, 11) is 1.56. The molecule has 0 spiro atoms. The number of likely N-dealkylation sites (N-methyl/N-ethyl adjacent to an activating group) is 1. The summed E-state index contributed by atoms with van der Waals surface area (Å²) in [5.74, 6) is -0.926. The molecule has 6 nitrogen and oxygen atoms in total. The van der Waals surface area contributed by atoms with Crippen LogP contribution in [0.15, 0.2) is 0 Å². The molecule has 0 aromatic carbocycles. The maximum Gasteiger partial charge on any atom is 0.411 e. The van der Waals surface area contributed by atoms with E-state index in [0.29, 0.717) is 6.42 Å². The number of nitrogens with zero attached hydrogens (tertiary/aromatic N) is 2. The Morgan fingerprint density at radius 2 is 1.95 bits per heavy atom.